The summed E-state index contributed by atoms with van der Waals surface area (Å²) in [6.07, 6.45) is 49.0. The molecule has 0 fully saturated rings. The number of nitrogens with two attached hydrogens (primary N) is 1. The summed E-state index contributed by atoms with van der Waals surface area (Å²) in [4.78, 5) is 22.2. The van der Waals surface area contributed by atoms with Crippen molar-refractivity contribution in [2.24, 2.45) is 5.73 Å². The molecule has 0 bridgehead atoms. The van der Waals surface area contributed by atoms with Gasteiger partial charge in [-0.2, -0.15) is 0 Å². The maximum absolute atomic E-state index is 12.4. The van der Waals surface area contributed by atoms with Gasteiger partial charge in [0.25, 0.3) is 0 Å². The number of esters is 1. The highest BCUT2D eigenvalue weighted by Gasteiger charge is 2.24. The van der Waals surface area contributed by atoms with Crippen molar-refractivity contribution in [1.29, 1.82) is 0 Å². The number of allylic oxidation sites excluding steroid dienone is 9. The fourth-order valence-electron chi connectivity index (χ4n) is 5.33. The second kappa shape index (κ2) is 40.2. The largest absolute Gasteiger partial charge is 0.492 e. The maximum Gasteiger partial charge on any atom is 0.472 e. The monoisotopic (exact) mass is 752 g/mol. The van der Waals surface area contributed by atoms with E-state index >= 15 is 0 Å². The summed E-state index contributed by atoms with van der Waals surface area (Å²) in [5, 5.41) is 0. The van der Waals surface area contributed by atoms with Gasteiger partial charge in [0.05, 0.1) is 19.5 Å². The topological polar surface area (TPSA) is 117 Å². The zero-order valence-corrected chi connectivity index (χ0v) is 34.2. The highest BCUT2D eigenvalue weighted by molar-refractivity contribution is 7.47. The van der Waals surface area contributed by atoms with E-state index in [4.69, 9.17) is 24.3 Å². The van der Waals surface area contributed by atoms with Crippen molar-refractivity contribution in [3.8, 4) is 0 Å². The van der Waals surface area contributed by atoms with Gasteiger partial charge in [-0.05, 0) is 89.5 Å². The summed E-state index contributed by atoms with van der Waals surface area (Å²) in [7, 11) is -4.28. The smallest absolute Gasteiger partial charge is 0.472 e. The molecule has 0 spiro atoms. The van der Waals surface area contributed by atoms with Crippen molar-refractivity contribution in [2.75, 3.05) is 26.4 Å². The number of ether oxygens (including phenoxy) is 2. The molecule has 302 valence electrons. The third kappa shape index (κ3) is 39.3. The zero-order chi connectivity index (χ0) is 38.1. The van der Waals surface area contributed by atoms with Crippen LogP contribution < -0.4 is 5.73 Å². The molecular formula is C43H78NO7P. The molecule has 0 radical (unpaired) electrons. The molecule has 0 heterocycles. The molecule has 0 aromatic carbocycles. The second-order valence-corrected chi connectivity index (χ2v) is 15.0. The summed E-state index contributed by atoms with van der Waals surface area (Å²) in [5.41, 5.74) is 5.36. The minimum absolute atomic E-state index is 0.0824. The summed E-state index contributed by atoms with van der Waals surface area (Å²) >= 11 is 0. The normalized spacial score (nSPS) is 14.1. The lowest BCUT2D eigenvalue weighted by Crippen LogP contribution is -2.25. The first-order valence-corrected chi connectivity index (χ1v) is 22.3. The predicted molar refractivity (Wildman–Crippen MR) is 219 cm³/mol. The SMILES string of the molecule is CCCCCC=CCC=CCC=CCCCCCCC(=O)OCC(COP(=O)(O)OCCN)OC=CCCCCCCC=CCCCCCCCC. The Hall–Kier alpha value is -1.96. The average molecular weight is 752 g/mol. The molecule has 2 unspecified atom stereocenters. The van der Waals surface area contributed by atoms with Gasteiger partial charge in [0.1, 0.15) is 6.61 Å². The summed E-state index contributed by atoms with van der Waals surface area (Å²) in [5.74, 6) is -0.316. The van der Waals surface area contributed by atoms with Gasteiger partial charge in [0.2, 0.25) is 0 Å². The molecule has 0 saturated carbocycles. The van der Waals surface area contributed by atoms with E-state index in [1.807, 2.05) is 6.08 Å². The molecule has 0 aromatic heterocycles. The van der Waals surface area contributed by atoms with Crippen LogP contribution in [0, 0.1) is 0 Å². The summed E-state index contributed by atoms with van der Waals surface area (Å²) in [6.45, 7) is 4.13. The molecular weight excluding hydrogens is 673 g/mol. The van der Waals surface area contributed by atoms with E-state index in [-0.39, 0.29) is 32.3 Å². The Morgan fingerprint density at radius 3 is 1.60 bits per heavy atom. The van der Waals surface area contributed by atoms with Crippen LogP contribution in [0.25, 0.3) is 0 Å². The van der Waals surface area contributed by atoms with E-state index in [9.17, 15) is 14.3 Å². The lowest BCUT2D eigenvalue weighted by molar-refractivity contribution is -0.147. The van der Waals surface area contributed by atoms with Crippen molar-refractivity contribution in [3.05, 3.63) is 60.9 Å². The molecule has 0 aliphatic rings. The summed E-state index contributed by atoms with van der Waals surface area (Å²) in [6, 6.07) is 0. The first kappa shape index (κ1) is 50.0. The van der Waals surface area contributed by atoms with Crippen LogP contribution in [0.15, 0.2) is 60.9 Å². The minimum atomic E-state index is -4.28. The van der Waals surface area contributed by atoms with Crippen LogP contribution >= 0.6 is 7.82 Å². The fourth-order valence-corrected chi connectivity index (χ4v) is 6.10. The summed E-state index contributed by atoms with van der Waals surface area (Å²) < 4.78 is 33.1. The van der Waals surface area contributed by atoms with Crippen molar-refractivity contribution < 1.29 is 32.8 Å². The third-order valence-corrected chi connectivity index (χ3v) is 9.48. The fraction of sp³-hybridized carbons (Fsp3) is 0.744. The van der Waals surface area contributed by atoms with E-state index in [1.165, 1.54) is 83.5 Å². The maximum atomic E-state index is 12.4. The van der Waals surface area contributed by atoms with Crippen molar-refractivity contribution in [3.63, 3.8) is 0 Å². The van der Waals surface area contributed by atoms with E-state index < -0.39 is 13.9 Å². The number of carbonyl (C=O) groups excluding carboxylic acids is 1. The molecule has 0 rings (SSSR count). The van der Waals surface area contributed by atoms with Crippen LogP contribution in [0.3, 0.4) is 0 Å². The van der Waals surface area contributed by atoms with Gasteiger partial charge in [-0.25, -0.2) is 4.57 Å². The lowest BCUT2D eigenvalue weighted by atomic mass is 10.1. The molecule has 52 heavy (non-hydrogen) atoms. The Kier molecular flexibility index (Phi) is 38.7. The number of phosphoric acid groups is 1. The first-order chi connectivity index (χ1) is 25.4. The quantitative estimate of drug-likeness (QED) is 0.0210. The number of phosphoric ester groups is 1. The molecule has 0 saturated heterocycles. The predicted octanol–water partition coefficient (Wildman–Crippen LogP) is 12.5. The Morgan fingerprint density at radius 2 is 1.04 bits per heavy atom. The molecule has 0 aliphatic heterocycles. The van der Waals surface area contributed by atoms with Crippen LogP contribution in [0.5, 0.6) is 0 Å². The lowest BCUT2D eigenvalue weighted by Gasteiger charge is -2.19. The van der Waals surface area contributed by atoms with Gasteiger partial charge in [-0.15, -0.1) is 0 Å². The molecule has 8 nitrogen and oxygen atoms in total. The minimum Gasteiger partial charge on any atom is -0.492 e. The number of hydrogen-bond acceptors (Lipinski definition) is 7. The molecule has 9 heteroatoms. The molecule has 0 aliphatic carbocycles. The molecule has 0 amide bonds. The van der Waals surface area contributed by atoms with E-state index in [1.54, 1.807) is 6.26 Å². The van der Waals surface area contributed by atoms with Crippen molar-refractivity contribution in [1.82, 2.24) is 0 Å². The average Bonchev–Trinajstić information content (AvgIpc) is 3.14. The van der Waals surface area contributed by atoms with Gasteiger partial charge in [-0.1, -0.05) is 133 Å². The number of hydrogen-bond donors (Lipinski definition) is 2. The molecule has 3 N–H and O–H groups in total. The Morgan fingerprint density at radius 1 is 0.596 bits per heavy atom. The Bertz CT molecular complexity index is 979. The van der Waals surface area contributed by atoms with Gasteiger partial charge in [-0.3, -0.25) is 13.8 Å². The van der Waals surface area contributed by atoms with Crippen molar-refractivity contribution in [2.45, 2.75) is 180 Å². The standard InChI is InChI=1S/C43H78NO7P/c1-3-5-7-9-11-13-15-17-19-21-22-24-26-28-30-32-34-36-43(45)49-40-42(41-51-52(46,47)50-39-37-44)48-38-35-33-31-29-27-25-23-20-18-16-14-12-10-8-6-4-2/h11,13,17-20,22,24,35,38,42H,3-10,12,14-16,21,23,25-34,36-37,39-41,44H2,1-2H3,(H,46,47). The molecule has 0 aromatic rings. The van der Waals surface area contributed by atoms with Gasteiger partial charge in [0.15, 0.2) is 6.10 Å². The van der Waals surface area contributed by atoms with Gasteiger partial charge in [0, 0.05) is 13.0 Å². The highest BCUT2D eigenvalue weighted by Crippen LogP contribution is 2.43. The second-order valence-electron chi connectivity index (χ2n) is 13.6. The van der Waals surface area contributed by atoms with Crippen LogP contribution in [0.1, 0.15) is 174 Å². The van der Waals surface area contributed by atoms with Crippen LogP contribution in [0.4, 0.5) is 0 Å². The Balaban J connectivity index is 4.18. The van der Waals surface area contributed by atoms with Crippen molar-refractivity contribution >= 4 is 13.8 Å². The number of carbonyl (C=O) groups is 1. The Labute approximate surface area is 319 Å². The zero-order valence-electron chi connectivity index (χ0n) is 33.3. The highest BCUT2D eigenvalue weighted by atomic mass is 31.2. The van der Waals surface area contributed by atoms with Crippen LogP contribution in [-0.2, 0) is 27.9 Å². The van der Waals surface area contributed by atoms with Gasteiger partial charge < -0.3 is 20.1 Å². The van der Waals surface area contributed by atoms with E-state index in [2.05, 4.69) is 62.5 Å². The first-order valence-electron chi connectivity index (χ1n) is 20.8. The van der Waals surface area contributed by atoms with Crippen LogP contribution in [0.2, 0.25) is 0 Å². The van der Waals surface area contributed by atoms with E-state index in [0.29, 0.717) is 6.42 Å². The third-order valence-electron chi connectivity index (χ3n) is 8.50. The van der Waals surface area contributed by atoms with Crippen LogP contribution in [-0.4, -0.2) is 43.3 Å². The number of rotatable bonds is 39. The number of unbranched alkanes of at least 4 members (excludes halogenated alkanes) is 18. The molecule has 2 atom stereocenters. The van der Waals surface area contributed by atoms with Gasteiger partial charge >= 0.3 is 13.8 Å². The van der Waals surface area contributed by atoms with E-state index in [0.717, 1.165) is 70.6 Å².